The first-order valence-electron chi connectivity index (χ1n) is 10.9. The van der Waals surface area contributed by atoms with Crippen LogP contribution in [0.2, 0.25) is 0 Å². The summed E-state index contributed by atoms with van der Waals surface area (Å²) >= 11 is 0. The molecule has 0 atom stereocenters. The van der Waals surface area contributed by atoms with Gasteiger partial charge >= 0.3 is 0 Å². The van der Waals surface area contributed by atoms with Crippen molar-refractivity contribution in [2.45, 2.75) is 0 Å². The Bertz CT molecular complexity index is 1550. The second-order valence-electron chi connectivity index (χ2n) is 7.68. The van der Waals surface area contributed by atoms with E-state index in [1.807, 2.05) is 30.3 Å². The molecule has 0 aliphatic heterocycles. The highest BCUT2D eigenvalue weighted by Gasteiger charge is 2.19. The number of anilines is 1. The summed E-state index contributed by atoms with van der Waals surface area (Å²) in [7, 11) is 3.01. The van der Waals surface area contributed by atoms with Crippen LogP contribution < -0.4 is 20.3 Å². The van der Waals surface area contributed by atoms with Gasteiger partial charge in [-0.2, -0.15) is 9.78 Å². The minimum Gasteiger partial charge on any atom is -0.497 e. The van der Waals surface area contributed by atoms with Crippen LogP contribution in [0, 0.1) is 0 Å². The molecule has 1 amide bonds. The number of ether oxygens (including phenoxy) is 2. The van der Waals surface area contributed by atoms with E-state index < -0.39 is 5.91 Å². The Morgan fingerprint density at radius 1 is 0.944 bits per heavy atom. The summed E-state index contributed by atoms with van der Waals surface area (Å²) in [6.07, 6.45) is 1.52. The number of hydrogen-bond acceptors (Lipinski definition) is 7. The van der Waals surface area contributed by atoms with Gasteiger partial charge in [-0.05, 0) is 24.3 Å². The van der Waals surface area contributed by atoms with Gasteiger partial charge in [-0.3, -0.25) is 14.6 Å². The molecule has 0 unspecified atom stereocenters. The van der Waals surface area contributed by atoms with Crippen LogP contribution in [0.25, 0.3) is 28.7 Å². The van der Waals surface area contributed by atoms with Crippen LogP contribution >= 0.6 is 0 Å². The number of nitrogens with one attached hydrogen (secondary N) is 2. The highest BCUT2D eigenvalue weighted by molar-refractivity contribution is 6.04. The topological polar surface area (TPSA) is 124 Å². The number of carbonyl (C=O) groups excluding carboxylic acids is 1. The Balaban J connectivity index is 1.59. The smallest absolute Gasteiger partial charge is 0.257 e. The lowest BCUT2D eigenvalue weighted by Gasteiger charge is -2.11. The normalized spacial score (nSPS) is 10.7. The fourth-order valence-electron chi connectivity index (χ4n) is 3.61. The van der Waals surface area contributed by atoms with Crippen molar-refractivity contribution in [2.24, 2.45) is 0 Å². The Hall–Kier alpha value is -5.12. The van der Waals surface area contributed by atoms with Gasteiger partial charge < -0.3 is 19.2 Å². The van der Waals surface area contributed by atoms with Crippen LogP contribution in [-0.4, -0.2) is 39.9 Å². The molecule has 36 heavy (non-hydrogen) atoms. The van der Waals surface area contributed by atoms with Gasteiger partial charge in [0.2, 0.25) is 5.95 Å². The minimum atomic E-state index is -0.444. The van der Waals surface area contributed by atoms with E-state index in [4.69, 9.17) is 13.9 Å². The SMILES string of the molecule is COc1cc(OC)cc(C(=O)Nc2cc(-c3ccco3)nn2-c2nc(-c3ccccc3)cc(=O)[nH]2)c1. The maximum atomic E-state index is 13.2. The third-order valence-electron chi connectivity index (χ3n) is 5.34. The number of carbonyl (C=O) groups is 1. The number of aromatic amines is 1. The number of nitrogens with zero attached hydrogens (tertiary/aromatic N) is 3. The standard InChI is InChI=1S/C26H21N5O5/c1-34-18-11-17(12-19(13-18)35-2)25(33)28-23-14-21(22-9-6-10-36-22)30-31(23)26-27-20(15-24(32)29-26)16-7-4-3-5-8-16/h3-15H,1-2H3,(H,28,33)(H,27,29,32). The van der Waals surface area contributed by atoms with Crippen LogP contribution in [0.1, 0.15) is 10.4 Å². The zero-order chi connectivity index (χ0) is 25.1. The second kappa shape index (κ2) is 9.63. The van der Waals surface area contributed by atoms with E-state index in [1.165, 1.54) is 31.2 Å². The molecule has 5 aromatic rings. The number of H-pyrrole nitrogens is 1. The molecule has 0 bridgehead atoms. The van der Waals surface area contributed by atoms with Crippen LogP contribution in [0.3, 0.4) is 0 Å². The fourth-order valence-corrected chi connectivity index (χ4v) is 3.61. The first kappa shape index (κ1) is 22.7. The molecule has 0 saturated carbocycles. The van der Waals surface area contributed by atoms with E-state index in [9.17, 15) is 9.59 Å². The zero-order valence-electron chi connectivity index (χ0n) is 19.4. The summed E-state index contributed by atoms with van der Waals surface area (Å²) in [6, 6.07) is 20.6. The van der Waals surface area contributed by atoms with E-state index in [0.29, 0.717) is 34.2 Å². The molecule has 0 fully saturated rings. The predicted octanol–water partition coefficient (Wildman–Crippen LogP) is 4.15. The number of furan rings is 1. The van der Waals surface area contributed by atoms with Crippen molar-refractivity contribution in [1.29, 1.82) is 0 Å². The molecule has 5 rings (SSSR count). The molecule has 0 spiro atoms. The Morgan fingerprint density at radius 2 is 1.69 bits per heavy atom. The molecule has 180 valence electrons. The van der Waals surface area contributed by atoms with Crippen molar-refractivity contribution >= 4 is 11.7 Å². The van der Waals surface area contributed by atoms with Crippen molar-refractivity contribution in [1.82, 2.24) is 19.7 Å². The Kier molecular flexibility index (Phi) is 6.06. The number of benzene rings is 2. The third-order valence-corrected chi connectivity index (χ3v) is 5.34. The molecule has 10 nitrogen and oxygen atoms in total. The summed E-state index contributed by atoms with van der Waals surface area (Å²) in [4.78, 5) is 33.0. The van der Waals surface area contributed by atoms with E-state index in [0.717, 1.165) is 5.56 Å². The maximum absolute atomic E-state index is 13.2. The highest BCUT2D eigenvalue weighted by atomic mass is 16.5. The van der Waals surface area contributed by atoms with Crippen LogP contribution in [0.15, 0.2) is 88.3 Å². The maximum Gasteiger partial charge on any atom is 0.257 e. The van der Waals surface area contributed by atoms with Gasteiger partial charge in [-0.1, -0.05) is 30.3 Å². The van der Waals surface area contributed by atoms with Crippen molar-refractivity contribution < 1.29 is 18.7 Å². The summed E-state index contributed by atoms with van der Waals surface area (Å²) < 4.78 is 17.4. The number of hydrogen-bond donors (Lipinski definition) is 2. The van der Waals surface area contributed by atoms with Gasteiger partial charge in [0, 0.05) is 29.3 Å². The predicted molar refractivity (Wildman–Crippen MR) is 133 cm³/mol. The zero-order valence-corrected chi connectivity index (χ0v) is 19.4. The summed E-state index contributed by atoms with van der Waals surface area (Å²) in [5, 5.41) is 7.37. The average Bonchev–Trinajstić information content (AvgIpc) is 3.59. The fraction of sp³-hybridized carbons (Fsp3) is 0.0769. The molecular weight excluding hydrogens is 462 g/mol. The number of rotatable bonds is 7. The van der Waals surface area contributed by atoms with E-state index in [2.05, 4.69) is 20.4 Å². The van der Waals surface area contributed by atoms with Gasteiger partial charge in [0.05, 0.1) is 26.2 Å². The molecule has 0 radical (unpaired) electrons. The Labute approximate surface area is 205 Å². The second-order valence-corrected chi connectivity index (χ2v) is 7.68. The van der Waals surface area contributed by atoms with Gasteiger partial charge in [-0.15, -0.1) is 0 Å². The van der Waals surface area contributed by atoms with Gasteiger partial charge in [0.15, 0.2) is 5.76 Å². The van der Waals surface area contributed by atoms with Gasteiger partial charge in [0.25, 0.3) is 11.5 Å². The van der Waals surface area contributed by atoms with Crippen LogP contribution in [0.4, 0.5) is 5.82 Å². The summed E-state index contributed by atoms with van der Waals surface area (Å²) in [5.74, 6) is 1.35. The molecule has 2 aromatic carbocycles. The minimum absolute atomic E-state index is 0.123. The molecule has 2 N–H and O–H groups in total. The van der Waals surface area contributed by atoms with E-state index in [1.54, 1.807) is 36.4 Å². The number of amides is 1. The van der Waals surface area contributed by atoms with Crippen molar-refractivity contribution in [3.05, 3.63) is 95.0 Å². The van der Waals surface area contributed by atoms with Crippen molar-refractivity contribution in [2.75, 3.05) is 19.5 Å². The quantitative estimate of drug-likeness (QED) is 0.356. The van der Waals surface area contributed by atoms with E-state index in [-0.39, 0.29) is 17.3 Å². The molecule has 0 saturated heterocycles. The van der Waals surface area contributed by atoms with E-state index >= 15 is 0 Å². The molecule has 10 heteroatoms. The lowest BCUT2D eigenvalue weighted by Crippen LogP contribution is -2.19. The van der Waals surface area contributed by atoms with Gasteiger partial charge in [-0.25, -0.2) is 4.98 Å². The molecule has 3 aromatic heterocycles. The molecule has 3 heterocycles. The lowest BCUT2D eigenvalue weighted by molar-refractivity contribution is 0.102. The highest BCUT2D eigenvalue weighted by Crippen LogP contribution is 2.27. The Morgan fingerprint density at radius 3 is 2.36 bits per heavy atom. The van der Waals surface area contributed by atoms with Crippen molar-refractivity contribution in [3.63, 3.8) is 0 Å². The monoisotopic (exact) mass is 483 g/mol. The number of aromatic nitrogens is 4. The lowest BCUT2D eigenvalue weighted by atomic mass is 10.1. The summed E-state index contributed by atoms with van der Waals surface area (Å²) in [6.45, 7) is 0. The third kappa shape index (κ3) is 4.60. The van der Waals surface area contributed by atoms with Gasteiger partial charge in [0.1, 0.15) is 23.0 Å². The number of methoxy groups -OCH3 is 2. The molecule has 0 aliphatic carbocycles. The first-order chi connectivity index (χ1) is 17.5. The largest absolute Gasteiger partial charge is 0.497 e. The molecule has 0 aliphatic rings. The molecular formula is C26H21N5O5. The van der Waals surface area contributed by atoms with Crippen LogP contribution in [-0.2, 0) is 0 Å². The average molecular weight is 483 g/mol. The van der Waals surface area contributed by atoms with Crippen molar-refractivity contribution in [3.8, 4) is 40.2 Å². The summed E-state index contributed by atoms with van der Waals surface area (Å²) in [5.41, 5.74) is 1.59. The van der Waals surface area contributed by atoms with Crippen LogP contribution in [0.5, 0.6) is 11.5 Å². The first-order valence-corrected chi connectivity index (χ1v) is 10.9.